The second-order valence-corrected chi connectivity index (χ2v) is 7.27. The van der Waals surface area contributed by atoms with E-state index in [-0.39, 0.29) is 12.5 Å². The summed E-state index contributed by atoms with van der Waals surface area (Å²) in [5, 5.41) is 3.52. The molecule has 0 fully saturated rings. The van der Waals surface area contributed by atoms with Crippen LogP contribution in [0.1, 0.15) is 16.2 Å². The summed E-state index contributed by atoms with van der Waals surface area (Å²) in [4.78, 5) is 17.3. The minimum atomic E-state index is -0.190. The van der Waals surface area contributed by atoms with E-state index < -0.39 is 0 Å². The molecule has 0 atom stereocenters. The van der Waals surface area contributed by atoms with Crippen LogP contribution in [-0.2, 0) is 13.1 Å². The number of hydrogen-bond donors (Lipinski definition) is 1. The predicted molar refractivity (Wildman–Crippen MR) is 121 cm³/mol. The van der Waals surface area contributed by atoms with Gasteiger partial charge in [0, 0.05) is 5.56 Å². The Morgan fingerprint density at radius 1 is 1.06 bits per heavy atom. The van der Waals surface area contributed by atoms with Crippen molar-refractivity contribution in [3.05, 3.63) is 89.2 Å². The average molecular weight is 436 g/mol. The molecule has 0 unspecified atom stereocenters. The number of carbonyl (C=O) groups excluding carboxylic acids is 1. The zero-order valence-electron chi connectivity index (χ0n) is 17.0. The smallest absolute Gasteiger partial charge is 0.251 e. The van der Waals surface area contributed by atoms with Crippen molar-refractivity contribution >= 4 is 28.5 Å². The van der Waals surface area contributed by atoms with E-state index in [0.29, 0.717) is 35.2 Å². The maximum atomic E-state index is 12.6. The number of rotatable bonds is 8. The highest BCUT2D eigenvalue weighted by atomic mass is 35.5. The number of methoxy groups -OCH3 is 1. The van der Waals surface area contributed by atoms with Crippen LogP contribution < -0.4 is 14.8 Å². The Bertz CT molecular complexity index is 1210. The molecule has 0 aliphatic rings. The number of nitrogens with one attached hydrogen (secondary N) is 1. The molecule has 7 heteroatoms. The van der Waals surface area contributed by atoms with Crippen LogP contribution in [0.2, 0.25) is 5.02 Å². The van der Waals surface area contributed by atoms with Gasteiger partial charge in [-0.3, -0.25) is 4.79 Å². The molecular formula is C24H22ClN3O3. The average Bonchev–Trinajstić information content (AvgIpc) is 3.16. The molecule has 0 saturated heterocycles. The minimum Gasteiger partial charge on any atom is -0.497 e. The number of nitrogens with zero attached hydrogens (tertiary/aromatic N) is 2. The van der Waals surface area contributed by atoms with Crippen LogP contribution in [0, 0.1) is 0 Å². The Kier molecular flexibility index (Phi) is 6.38. The lowest BCUT2D eigenvalue weighted by Gasteiger charge is -2.12. The third-order valence-corrected chi connectivity index (χ3v) is 5.19. The fourth-order valence-electron chi connectivity index (χ4n) is 3.34. The van der Waals surface area contributed by atoms with Gasteiger partial charge in [0.1, 0.15) is 23.9 Å². The number of aromatic nitrogens is 2. The highest BCUT2D eigenvalue weighted by molar-refractivity contribution is 6.32. The number of benzene rings is 3. The summed E-state index contributed by atoms with van der Waals surface area (Å²) in [5.41, 5.74) is 2.38. The number of hydrogen-bond acceptors (Lipinski definition) is 4. The Morgan fingerprint density at radius 2 is 1.87 bits per heavy atom. The lowest BCUT2D eigenvalue weighted by atomic mass is 10.2. The Hall–Kier alpha value is -3.51. The monoisotopic (exact) mass is 435 g/mol. The molecule has 1 N–H and O–H groups in total. The Balaban J connectivity index is 1.49. The SMILES string of the molecule is COc1cccc(C(=O)NCc2nc3ccccc3n2CCOc2ccccc2Cl)c1. The summed E-state index contributed by atoms with van der Waals surface area (Å²) in [5.74, 6) is 1.84. The first kappa shape index (κ1) is 20.8. The van der Waals surface area contributed by atoms with Crippen molar-refractivity contribution in [1.29, 1.82) is 0 Å². The van der Waals surface area contributed by atoms with E-state index in [1.165, 1.54) is 0 Å². The standard InChI is InChI=1S/C24H22ClN3O3/c1-30-18-8-6-7-17(15-18)24(29)26-16-23-27-20-10-3-4-11-21(20)28(23)13-14-31-22-12-5-2-9-19(22)25/h2-12,15H,13-14,16H2,1H3,(H,26,29). The van der Waals surface area contributed by atoms with Gasteiger partial charge >= 0.3 is 0 Å². The van der Waals surface area contributed by atoms with E-state index in [1.54, 1.807) is 37.4 Å². The van der Waals surface area contributed by atoms with E-state index in [0.717, 1.165) is 16.9 Å². The van der Waals surface area contributed by atoms with Crippen LogP contribution in [0.3, 0.4) is 0 Å². The van der Waals surface area contributed by atoms with Crippen molar-refractivity contribution < 1.29 is 14.3 Å². The number of carbonyl (C=O) groups is 1. The van der Waals surface area contributed by atoms with Crippen molar-refractivity contribution in [2.24, 2.45) is 0 Å². The van der Waals surface area contributed by atoms with Gasteiger partial charge in [-0.1, -0.05) is 41.9 Å². The molecule has 4 aromatic rings. The number of ether oxygens (including phenoxy) is 2. The van der Waals surface area contributed by atoms with Gasteiger partial charge in [0.2, 0.25) is 0 Å². The molecule has 158 valence electrons. The third-order valence-electron chi connectivity index (χ3n) is 4.88. The summed E-state index contributed by atoms with van der Waals surface area (Å²) in [6.45, 7) is 1.27. The Morgan fingerprint density at radius 3 is 2.71 bits per heavy atom. The molecule has 0 spiro atoms. The summed E-state index contributed by atoms with van der Waals surface area (Å²) in [7, 11) is 1.57. The molecule has 0 aliphatic carbocycles. The van der Waals surface area contributed by atoms with E-state index in [1.807, 2.05) is 42.5 Å². The fourth-order valence-corrected chi connectivity index (χ4v) is 3.53. The summed E-state index contributed by atoms with van der Waals surface area (Å²) in [6.07, 6.45) is 0. The van der Waals surface area contributed by atoms with Gasteiger partial charge in [-0.05, 0) is 42.5 Å². The molecule has 1 aromatic heterocycles. The first-order valence-corrected chi connectivity index (χ1v) is 10.3. The second kappa shape index (κ2) is 9.53. The highest BCUT2D eigenvalue weighted by Crippen LogP contribution is 2.23. The van der Waals surface area contributed by atoms with E-state index in [9.17, 15) is 4.79 Å². The summed E-state index contributed by atoms with van der Waals surface area (Å²) >= 11 is 6.18. The lowest BCUT2D eigenvalue weighted by molar-refractivity contribution is 0.0949. The zero-order chi connectivity index (χ0) is 21.6. The van der Waals surface area contributed by atoms with Crippen molar-refractivity contribution in [3.63, 3.8) is 0 Å². The summed E-state index contributed by atoms with van der Waals surface area (Å²) < 4.78 is 13.1. The molecule has 1 heterocycles. The van der Waals surface area contributed by atoms with Crippen LogP contribution in [-0.4, -0.2) is 29.2 Å². The van der Waals surface area contributed by atoms with E-state index >= 15 is 0 Å². The zero-order valence-corrected chi connectivity index (χ0v) is 17.8. The van der Waals surface area contributed by atoms with Crippen LogP contribution in [0.25, 0.3) is 11.0 Å². The molecule has 0 bridgehead atoms. The van der Waals surface area contributed by atoms with Gasteiger partial charge < -0.3 is 19.4 Å². The maximum Gasteiger partial charge on any atom is 0.251 e. The van der Waals surface area contributed by atoms with Gasteiger partial charge in [-0.2, -0.15) is 0 Å². The third kappa shape index (κ3) is 4.81. The van der Waals surface area contributed by atoms with Crippen molar-refractivity contribution in [1.82, 2.24) is 14.9 Å². The summed E-state index contributed by atoms with van der Waals surface area (Å²) in [6, 6.07) is 22.3. The molecule has 0 radical (unpaired) electrons. The number of amides is 1. The van der Waals surface area contributed by atoms with Gasteiger partial charge in [0.25, 0.3) is 5.91 Å². The lowest BCUT2D eigenvalue weighted by Crippen LogP contribution is -2.25. The van der Waals surface area contributed by atoms with E-state index in [2.05, 4.69) is 9.88 Å². The Labute approximate surface area is 185 Å². The van der Waals surface area contributed by atoms with Crippen molar-refractivity contribution in [2.45, 2.75) is 13.1 Å². The molecule has 0 aliphatic heterocycles. The van der Waals surface area contributed by atoms with Gasteiger partial charge in [-0.15, -0.1) is 0 Å². The van der Waals surface area contributed by atoms with Crippen LogP contribution >= 0.6 is 11.6 Å². The van der Waals surface area contributed by atoms with Crippen LogP contribution in [0.4, 0.5) is 0 Å². The first-order chi connectivity index (χ1) is 15.2. The van der Waals surface area contributed by atoms with Gasteiger partial charge in [0.05, 0.1) is 36.3 Å². The minimum absolute atomic E-state index is 0.190. The molecule has 31 heavy (non-hydrogen) atoms. The molecular weight excluding hydrogens is 414 g/mol. The topological polar surface area (TPSA) is 65.4 Å². The quantitative estimate of drug-likeness (QED) is 0.435. The fraction of sp³-hybridized carbons (Fsp3) is 0.167. The second-order valence-electron chi connectivity index (χ2n) is 6.86. The molecule has 4 rings (SSSR count). The maximum absolute atomic E-state index is 12.6. The molecule has 1 amide bonds. The van der Waals surface area contributed by atoms with Crippen LogP contribution in [0.15, 0.2) is 72.8 Å². The normalized spacial score (nSPS) is 10.8. The number of fused-ring (bicyclic) bond motifs is 1. The number of para-hydroxylation sites is 3. The highest BCUT2D eigenvalue weighted by Gasteiger charge is 2.13. The molecule has 6 nitrogen and oxygen atoms in total. The molecule has 3 aromatic carbocycles. The number of imidazole rings is 1. The van der Waals surface area contributed by atoms with E-state index in [4.69, 9.17) is 26.1 Å². The first-order valence-electron chi connectivity index (χ1n) is 9.89. The van der Waals surface area contributed by atoms with Crippen molar-refractivity contribution in [3.8, 4) is 11.5 Å². The van der Waals surface area contributed by atoms with Crippen LogP contribution in [0.5, 0.6) is 11.5 Å². The number of halogens is 1. The predicted octanol–water partition coefficient (Wildman–Crippen LogP) is 4.71. The van der Waals surface area contributed by atoms with Gasteiger partial charge in [0.15, 0.2) is 0 Å². The molecule has 0 saturated carbocycles. The largest absolute Gasteiger partial charge is 0.497 e. The van der Waals surface area contributed by atoms with Crippen molar-refractivity contribution in [2.75, 3.05) is 13.7 Å². The van der Waals surface area contributed by atoms with Gasteiger partial charge in [-0.25, -0.2) is 4.98 Å².